The molecule has 8 nitrogen and oxygen atoms in total. The highest BCUT2D eigenvalue weighted by atomic mass is 32.2. The van der Waals surface area contributed by atoms with Gasteiger partial charge in [-0.25, -0.2) is 17.5 Å². The first-order chi connectivity index (χ1) is 15.4. The molecule has 1 amide bonds. The Morgan fingerprint density at radius 2 is 1.88 bits per heavy atom. The summed E-state index contributed by atoms with van der Waals surface area (Å²) in [7, 11) is -3.54. The van der Waals surface area contributed by atoms with E-state index in [0.29, 0.717) is 44.1 Å². The molecule has 1 aromatic heterocycles. The van der Waals surface area contributed by atoms with E-state index in [2.05, 4.69) is 10.4 Å². The summed E-state index contributed by atoms with van der Waals surface area (Å²) < 4.78 is 47.7. The van der Waals surface area contributed by atoms with Crippen LogP contribution in [-0.2, 0) is 26.0 Å². The van der Waals surface area contributed by atoms with Crippen molar-refractivity contribution in [2.45, 2.75) is 17.7 Å². The second-order valence-electron chi connectivity index (χ2n) is 7.33. The Morgan fingerprint density at radius 3 is 2.53 bits per heavy atom. The normalized spacial score (nSPS) is 14.9. The van der Waals surface area contributed by atoms with Gasteiger partial charge in [-0.3, -0.25) is 4.79 Å². The van der Waals surface area contributed by atoms with Gasteiger partial charge in [0.1, 0.15) is 5.69 Å². The molecule has 0 aliphatic carbocycles. The predicted octanol–water partition coefficient (Wildman–Crippen LogP) is 2.60. The Balaban J connectivity index is 1.33. The number of aromatic nitrogens is 2. The van der Waals surface area contributed by atoms with Gasteiger partial charge in [-0.1, -0.05) is 12.1 Å². The first-order valence-corrected chi connectivity index (χ1v) is 11.6. The molecule has 1 aliphatic rings. The molecule has 0 atom stereocenters. The van der Waals surface area contributed by atoms with E-state index in [4.69, 9.17) is 4.74 Å². The maximum absolute atomic E-state index is 14.3. The molecule has 32 heavy (non-hydrogen) atoms. The molecular formula is C22H23FN4O4S. The van der Waals surface area contributed by atoms with Crippen molar-refractivity contribution in [2.75, 3.05) is 31.6 Å². The van der Waals surface area contributed by atoms with Crippen LogP contribution in [0.15, 0.2) is 65.8 Å². The van der Waals surface area contributed by atoms with Gasteiger partial charge in [0.15, 0.2) is 5.82 Å². The predicted molar refractivity (Wildman–Crippen MR) is 116 cm³/mol. The zero-order valence-corrected chi connectivity index (χ0v) is 18.1. The van der Waals surface area contributed by atoms with E-state index in [1.165, 1.54) is 15.1 Å². The molecule has 1 saturated heterocycles. The van der Waals surface area contributed by atoms with E-state index in [1.54, 1.807) is 54.9 Å². The van der Waals surface area contributed by atoms with E-state index in [9.17, 15) is 17.6 Å². The molecule has 0 unspecified atom stereocenters. The van der Waals surface area contributed by atoms with Crippen LogP contribution in [0, 0.1) is 5.82 Å². The van der Waals surface area contributed by atoms with E-state index >= 15 is 0 Å². The number of amides is 1. The molecule has 168 valence electrons. The molecule has 0 radical (unpaired) electrons. The summed E-state index contributed by atoms with van der Waals surface area (Å²) in [5.74, 6) is -0.759. The van der Waals surface area contributed by atoms with Crippen molar-refractivity contribution in [3.63, 3.8) is 0 Å². The highest BCUT2D eigenvalue weighted by Gasteiger charge is 2.26. The van der Waals surface area contributed by atoms with Gasteiger partial charge in [-0.05, 0) is 48.4 Å². The van der Waals surface area contributed by atoms with Crippen molar-refractivity contribution in [3.8, 4) is 5.69 Å². The number of halogens is 1. The fraction of sp³-hybridized carbons (Fsp3) is 0.273. The number of sulfonamides is 1. The highest BCUT2D eigenvalue weighted by molar-refractivity contribution is 7.89. The monoisotopic (exact) mass is 458 g/mol. The summed E-state index contributed by atoms with van der Waals surface area (Å²) in [4.78, 5) is 12.5. The third kappa shape index (κ3) is 5.04. The fourth-order valence-corrected chi connectivity index (χ4v) is 4.84. The number of nitrogens with zero attached hydrogens (tertiary/aromatic N) is 3. The summed E-state index contributed by atoms with van der Waals surface area (Å²) in [6.45, 7) is 1.46. The van der Waals surface area contributed by atoms with Crippen molar-refractivity contribution in [2.24, 2.45) is 0 Å². The average molecular weight is 459 g/mol. The summed E-state index contributed by atoms with van der Waals surface area (Å²) in [5, 5.41) is 6.67. The van der Waals surface area contributed by atoms with Crippen LogP contribution in [0.1, 0.15) is 12.0 Å². The second kappa shape index (κ2) is 9.60. The van der Waals surface area contributed by atoms with Crippen LogP contribution in [-0.4, -0.2) is 54.7 Å². The Morgan fingerprint density at radius 1 is 1.12 bits per heavy atom. The minimum absolute atomic E-state index is 0.179. The minimum atomic E-state index is -3.54. The lowest BCUT2D eigenvalue weighted by Gasteiger charge is -2.26. The van der Waals surface area contributed by atoms with E-state index in [-0.39, 0.29) is 17.2 Å². The zero-order valence-electron chi connectivity index (χ0n) is 17.3. The topological polar surface area (TPSA) is 93.5 Å². The Hall–Kier alpha value is -3.08. The van der Waals surface area contributed by atoms with E-state index < -0.39 is 15.8 Å². The number of morpholine rings is 1. The minimum Gasteiger partial charge on any atom is -0.379 e. The van der Waals surface area contributed by atoms with Gasteiger partial charge in [0.25, 0.3) is 0 Å². The van der Waals surface area contributed by atoms with Crippen LogP contribution in [0.2, 0.25) is 0 Å². The van der Waals surface area contributed by atoms with Gasteiger partial charge < -0.3 is 10.1 Å². The number of nitrogens with one attached hydrogen (secondary N) is 1. The van der Waals surface area contributed by atoms with Crippen molar-refractivity contribution in [1.29, 1.82) is 0 Å². The molecule has 3 aromatic rings. The van der Waals surface area contributed by atoms with Gasteiger partial charge in [0, 0.05) is 37.6 Å². The lowest BCUT2D eigenvalue weighted by molar-refractivity contribution is -0.116. The quantitative estimate of drug-likeness (QED) is 0.588. The highest BCUT2D eigenvalue weighted by Crippen LogP contribution is 2.20. The molecule has 0 saturated carbocycles. The molecular weight excluding hydrogens is 435 g/mol. The number of hydrogen-bond acceptors (Lipinski definition) is 5. The van der Waals surface area contributed by atoms with Crippen LogP contribution in [0.3, 0.4) is 0 Å². The maximum Gasteiger partial charge on any atom is 0.243 e. The van der Waals surface area contributed by atoms with Gasteiger partial charge in [-0.2, -0.15) is 9.40 Å². The third-order valence-corrected chi connectivity index (χ3v) is 7.07. The smallest absolute Gasteiger partial charge is 0.243 e. The van der Waals surface area contributed by atoms with Crippen molar-refractivity contribution in [3.05, 3.63) is 72.3 Å². The van der Waals surface area contributed by atoms with Crippen LogP contribution < -0.4 is 5.32 Å². The van der Waals surface area contributed by atoms with Crippen LogP contribution in [0.4, 0.5) is 10.1 Å². The molecule has 4 rings (SSSR count). The largest absolute Gasteiger partial charge is 0.379 e. The third-order valence-electron chi connectivity index (χ3n) is 5.15. The Labute approximate surface area is 185 Å². The summed E-state index contributed by atoms with van der Waals surface area (Å²) >= 11 is 0. The number of carbonyl (C=O) groups excluding carboxylic acids is 1. The summed E-state index contributed by atoms with van der Waals surface area (Å²) in [6.07, 6.45) is 3.80. The molecule has 2 aromatic carbocycles. The van der Waals surface area contributed by atoms with Crippen molar-refractivity contribution < 1.29 is 22.3 Å². The Bertz CT molecular complexity index is 1180. The number of ether oxygens (including phenoxy) is 1. The molecule has 2 heterocycles. The Kier molecular flexibility index (Phi) is 6.63. The molecule has 1 aliphatic heterocycles. The number of carbonyl (C=O) groups is 1. The number of anilines is 1. The van der Waals surface area contributed by atoms with Crippen LogP contribution in [0.25, 0.3) is 5.69 Å². The summed E-state index contributed by atoms with van der Waals surface area (Å²) in [6, 6.07) is 12.6. The fourth-order valence-electron chi connectivity index (χ4n) is 3.43. The van der Waals surface area contributed by atoms with Gasteiger partial charge in [0.05, 0.1) is 18.1 Å². The number of rotatable bonds is 7. The molecule has 0 bridgehead atoms. The number of aryl methyl sites for hydroxylation is 1. The van der Waals surface area contributed by atoms with Crippen LogP contribution in [0.5, 0.6) is 0 Å². The maximum atomic E-state index is 14.3. The van der Waals surface area contributed by atoms with Crippen molar-refractivity contribution in [1.82, 2.24) is 14.1 Å². The first kappa shape index (κ1) is 22.1. The van der Waals surface area contributed by atoms with Gasteiger partial charge in [0.2, 0.25) is 15.9 Å². The number of benzene rings is 2. The van der Waals surface area contributed by atoms with Crippen LogP contribution >= 0.6 is 0 Å². The first-order valence-electron chi connectivity index (χ1n) is 10.2. The molecule has 1 N–H and O–H groups in total. The molecule has 10 heteroatoms. The second-order valence-corrected chi connectivity index (χ2v) is 9.26. The number of hydrogen-bond donors (Lipinski definition) is 1. The van der Waals surface area contributed by atoms with Gasteiger partial charge in [-0.15, -0.1) is 0 Å². The SMILES string of the molecule is O=C(CCc1ccc(S(=O)(=O)N2CCOCC2)cc1)Nc1ccc(-n2cccn2)c(F)c1. The molecule has 1 fully saturated rings. The lowest BCUT2D eigenvalue weighted by Crippen LogP contribution is -2.40. The van der Waals surface area contributed by atoms with E-state index in [0.717, 1.165) is 5.56 Å². The molecule has 0 spiro atoms. The van der Waals surface area contributed by atoms with E-state index in [1.807, 2.05) is 0 Å². The average Bonchev–Trinajstić information content (AvgIpc) is 3.33. The van der Waals surface area contributed by atoms with Gasteiger partial charge >= 0.3 is 0 Å². The standard InChI is InChI=1S/C22H23FN4O4S/c23-20-16-18(5-8-21(20)27-11-1-10-24-27)25-22(28)9-4-17-2-6-19(7-3-17)32(29,30)26-12-14-31-15-13-26/h1-3,5-8,10-11,16H,4,9,12-15H2,(H,25,28). The lowest BCUT2D eigenvalue weighted by atomic mass is 10.1. The summed E-state index contributed by atoms with van der Waals surface area (Å²) in [5.41, 5.74) is 1.48. The van der Waals surface area contributed by atoms with Crippen molar-refractivity contribution >= 4 is 21.6 Å². The zero-order chi connectivity index (χ0) is 22.6.